The molecule has 3 nitrogen and oxygen atoms in total. The van der Waals surface area contributed by atoms with Crippen molar-refractivity contribution in [2.24, 2.45) is 0 Å². The van der Waals surface area contributed by atoms with E-state index in [0.717, 1.165) is 35.9 Å². The predicted molar refractivity (Wildman–Crippen MR) is 133 cm³/mol. The number of aromatic nitrogens is 2. The highest BCUT2D eigenvalue weighted by Crippen LogP contribution is 2.27. The Balaban J connectivity index is 1.40. The Morgan fingerprint density at radius 3 is 2.34 bits per heavy atom. The van der Waals surface area contributed by atoms with Crippen molar-refractivity contribution in [3.05, 3.63) is 89.5 Å². The van der Waals surface area contributed by atoms with E-state index in [1.165, 1.54) is 25.3 Å². The second kappa shape index (κ2) is 11.8. The number of hydrogen-bond donors (Lipinski definition) is 0. The molecular weight excluding hydrogens is 449 g/mol. The van der Waals surface area contributed by atoms with Gasteiger partial charge in [0.25, 0.3) is 0 Å². The first-order valence-corrected chi connectivity index (χ1v) is 12.2. The van der Waals surface area contributed by atoms with Gasteiger partial charge in [-0.15, -0.1) is 0 Å². The summed E-state index contributed by atoms with van der Waals surface area (Å²) in [6.07, 6.45) is 10.0. The average molecular weight is 479 g/mol. The number of rotatable bonds is 11. The second-order valence-corrected chi connectivity index (χ2v) is 8.73. The van der Waals surface area contributed by atoms with Crippen LogP contribution in [0.15, 0.2) is 60.9 Å². The number of unbranched alkanes of at least 4 members (excludes halogenated alkanes) is 4. The molecule has 4 rings (SSSR count). The summed E-state index contributed by atoms with van der Waals surface area (Å²) in [4.78, 5) is 8.83. The lowest BCUT2D eigenvalue weighted by molar-refractivity contribution is 0.302. The smallest absolute Gasteiger partial charge is 0.159 e. The van der Waals surface area contributed by atoms with Crippen LogP contribution in [-0.4, -0.2) is 16.6 Å². The molecule has 0 bridgehead atoms. The maximum absolute atomic E-state index is 15.1. The Kier molecular flexibility index (Phi) is 8.35. The third-order valence-corrected chi connectivity index (χ3v) is 6.10. The van der Waals surface area contributed by atoms with Gasteiger partial charge < -0.3 is 4.74 Å². The van der Waals surface area contributed by atoms with E-state index in [9.17, 15) is 8.78 Å². The monoisotopic (exact) mass is 478 g/mol. The number of ether oxygens (including phenoxy) is 1. The van der Waals surface area contributed by atoms with Crippen molar-refractivity contribution in [1.29, 1.82) is 0 Å². The molecule has 0 saturated heterocycles. The summed E-state index contributed by atoms with van der Waals surface area (Å²) in [7, 11) is 0. The lowest BCUT2D eigenvalue weighted by Gasteiger charge is -2.09. The number of halogens is 3. The van der Waals surface area contributed by atoms with Gasteiger partial charge in [0.05, 0.1) is 19.0 Å². The van der Waals surface area contributed by atoms with E-state index in [1.807, 2.05) is 12.1 Å². The standard InChI is InChI=1S/C29H29F3N2O/c1-2-3-4-5-6-15-35-24-18-33-29(34-19-24)23-12-13-25-22(17-23)11-10-21(28(25)32)9-7-20-8-14-26(30)27(31)16-20/h8,10-14,16-19H,2-7,9,15H2,1H3. The number of hydrogen-bond acceptors (Lipinski definition) is 3. The number of benzene rings is 3. The minimum absolute atomic E-state index is 0.305. The molecule has 0 aliphatic carbocycles. The van der Waals surface area contributed by atoms with Gasteiger partial charge >= 0.3 is 0 Å². The molecule has 4 aromatic rings. The van der Waals surface area contributed by atoms with E-state index in [1.54, 1.807) is 30.6 Å². The molecule has 0 amide bonds. The van der Waals surface area contributed by atoms with Gasteiger partial charge in [-0.1, -0.05) is 62.9 Å². The topological polar surface area (TPSA) is 35.0 Å². The summed E-state index contributed by atoms with van der Waals surface area (Å²) in [6.45, 7) is 2.85. The van der Waals surface area contributed by atoms with Gasteiger partial charge in [0.2, 0.25) is 0 Å². The number of aryl methyl sites for hydroxylation is 2. The molecule has 0 fully saturated rings. The van der Waals surface area contributed by atoms with E-state index < -0.39 is 11.6 Å². The van der Waals surface area contributed by atoms with Crippen LogP contribution in [0.1, 0.15) is 50.2 Å². The summed E-state index contributed by atoms with van der Waals surface area (Å²) in [5, 5.41) is 1.24. The second-order valence-electron chi connectivity index (χ2n) is 8.73. The van der Waals surface area contributed by atoms with Gasteiger partial charge in [-0.2, -0.15) is 0 Å². The molecule has 6 heteroatoms. The molecule has 3 aromatic carbocycles. The van der Waals surface area contributed by atoms with Crippen molar-refractivity contribution in [2.45, 2.75) is 51.9 Å². The molecule has 0 unspecified atom stereocenters. The van der Waals surface area contributed by atoms with Crippen molar-refractivity contribution >= 4 is 10.8 Å². The third-order valence-electron chi connectivity index (χ3n) is 6.10. The summed E-state index contributed by atoms with van der Waals surface area (Å²) >= 11 is 0. The molecular formula is C29H29F3N2O. The van der Waals surface area contributed by atoms with Gasteiger partial charge in [0, 0.05) is 10.9 Å². The Labute approximate surface area is 204 Å². The average Bonchev–Trinajstić information content (AvgIpc) is 2.88. The van der Waals surface area contributed by atoms with E-state index in [4.69, 9.17) is 4.74 Å². The maximum Gasteiger partial charge on any atom is 0.159 e. The van der Waals surface area contributed by atoms with Crippen molar-refractivity contribution in [3.8, 4) is 17.1 Å². The van der Waals surface area contributed by atoms with Gasteiger partial charge in [-0.3, -0.25) is 0 Å². The normalized spacial score (nSPS) is 11.2. The zero-order valence-corrected chi connectivity index (χ0v) is 19.9. The Hall–Kier alpha value is -3.41. The van der Waals surface area contributed by atoms with Crippen LogP contribution in [0.5, 0.6) is 5.75 Å². The summed E-state index contributed by atoms with van der Waals surface area (Å²) in [6, 6.07) is 12.8. The van der Waals surface area contributed by atoms with Crippen LogP contribution in [0, 0.1) is 17.5 Å². The predicted octanol–water partition coefficient (Wildman–Crippen LogP) is 7.85. The third kappa shape index (κ3) is 6.38. The maximum atomic E-state index is 15.1. The van der Waals surface area contributed by atoms with Crippen LogP contribution >= 0.6 is 0 Å². The first kappa shape index (κ1) is 24.7. The highest BCUT2D eigenvalue weighted by molar-refractivity contribution is 5.87. The molecule has 0 radical (unpaired) electrons. The van der Waals surface area contributed by atoms with Crippen LogP contribution < -0.4 is 4.74 Å². The largest absolute Gasteiger partial charge is 0.490 e. The summed E-state index contributed by atoms with van der Waals surface area (Å²) < 4.78 is 47.4. The van der Waals surface area contributed by atoms with E-state index in [-0.39, 0.29) is 5.82 Å². The molecule has 1 heterocycles. The lowest BCUT2D eigenvalue weighted by atomic mass is 9.99. The van der Waals surface area contributed by atoms with Crippen LogP contribution in [0.3, 0.4) is 0 Å². The van der Waals surface area contributed by atoms with Crippen LogP contribution in [0.2, 0.25) is 0 Å². The highest BCUT2D eigenvalue weighted by Gasteiger charge is 2.11. The van der Waals surface area contributed by atoms with E-state index >= 15 is 4.39 Å². The summed E-state index contributed by atoms with van der Waals surface area (Å²) in [5.41, 5.74) is 1.94. The van der Waals surface area contributed by atoms with Gasteiger partial charge in [0.15, 0.2) is 23.2 Å². The van der Waals surface area contributed by atoms with E-state index in [0.29, 0.717) is 47.5 Å². The van der Waals surface area contributed by atoms with Gasteiger partial charge in [0.1, 0.15) is 5.82 Å². The van der Waals surface area contributed by atoms with Crippen molar-refractivity contribution < 1.29 is 17.9 Å². The number of nitrogens with zero attached hydrogens (tertiary/aromatic N) is 2. The van der Waals surface area contributed by atoms with Crippen LogP contribution in [0.25, 0.3) is 22.2 Å². The first-order chi connectivity index (χ1) is 17.0. The first-order valence-electron chi connectivity index (χ1n) is 12.2. The fraction of sp³-hybridized carbons (Fsp3) is 0.310. The molecule has 0 aliphatic rings. The zero-order valence-electron chi connectivity index (χ0n) is 19.9. The molecule has 0 spiro atoms. The van der Waals surface area contributed by atoms with Crippen molar-refractivity contribution in [2.75, 3.05) is 6.61 Å². The Morgan fingerprint density at radius 1 is 0.771 bits per heavy atom. The van der Waals surface area contributed by atoms with Crippen LogP contribution in [0.4, 0.5) is 13.2 Å². The van der Waals surface area contributed by atoms with Crippen LogP contribution in [-0.2, 0) is 12.8 Å². The minimum Gasteiger partial charge on any atom is -0.490 e. The fourth-order valence-corrected chi connectivity index (χ4v) is 4.08. The molecule has 1 aromatic heterocycles. The molecule has 0 aliphatic heterocycles. The quantitative estimate of drug-likeness (QED) is 0.206. The molecule has 182 valence electrons. The molecule has 0 N–H and O–H groups in total. The minimum atomic E-state index is -0.891. The van der Waals surface area contributed by atoms with Gasteiger partial charge in [-0.05, 0) is 54.0 Å². The van der Waals surface area contributed by atoms with Crippen molar-refractivity contribution in [1.82, 2.24) is 9.97 Å². The lowest BCUT2D eigenvalue weighted by Crippen LogP contribution is -1.99. The highest BCUT2D eigenvalue weighted by atomic mass is 19.2. The SMILES string of the molecule is CCCCCCCOc1cnc(-c2ccc3c(F)c(CCc4ccc(F)c(F)c4)ccc3c2)nc1. The van der Waals surface area contributed by atoms with Crippen molar-refractivity contribution in [3.63, 3.8) is 0 Å². The molecule has 0 atom stereocenters. The zero-order chi connectivity index (χ0) is 24.6. The number of fused-ring (bicyclic) bond motifs is 1. The van der Waals surface area contributed by atoms with Gasteiger partial charge in [-0.25, -0.2) is 23.1 Å². The Morgan fingerprint density at radius 2 is 1.57 bits per heavy atom. The van der Waals surface area contributed by atoms with E-state index in [2.05, 4.69) is 16.9 Å². The Bertz CT molecular complexity index is 1280. The summed E-state index contributed by atoms with van der Waals surface area (Å²) in [5.74, 6) is -0.893. The molecule has 0 saturated carbocycles. The molecule has 35 heavy (non-hydrogen) atoms. The fourth-order valence-electron chi connectivity index (χ4n) is 4.08.